The summed E-state index contributed by atoms with van der Waals surface area (Å²) >= 11 is 0. The summed E-state index contributed by atoms with van der Waals surface area (Å²) in [6.45, 7) is 7.44. The molecule has 0 aromatic carbocycles. The molecule has 1 aliphatic rings. The Balaban J connectivity index is 2.67. The Morgan fingerprint density at radius 1 is 1.56 bits per heavy atom. The Labute approximate surface area is 96.3 Å². The quantitative estimate of drug-likeness (QED) is 0.690. The number of ether oxygens (including phenoxy) is 2. The Morgan fingerprint density at radius 2 is 2.19 bits per heavy atom. The van der Waals surface area contributed by atoms with Crippen LogP contribution < -0.4 is 0 Å². The maximum absolute atomic E-state index is 11.2. The van der Waals surface area contributed by atoms with Crippen molar-refractivity contribution in [2.45, 2.75) is 52.7 Å². The van der Waals surface area contributed by atoms with Crippen molar-refractivity contribution >= 4 is 11.9 Å². The summed E-state index contributed by atoms with van der Waals surface area (Å²) < 4.78 is 10.5. The molecule has 0 N–H and O–H groups in total. The average molecular weight is 228 g/mol. The standard InChI is InChI=1S/C12H20O4/c1-7(2)5-10(15-9(4)13)12-8(3)6-11(14)16-12/h7-8,10,12H,5-6H2,1-4H3/t8-,10+,12-/m1/s1. The van der Waals surface area contributed by atoms with Crippen LogP contribution in [-0.2, 0) is 19.1 Å². The molecule has 1 heterocycles. The van der Waals surface area contributed by atoms with Gasteiger partial charge in [0.05, 0.1) is 6.42 Å². The van der Waals surface area contributed by atoms with Crippen LogP contribution >= 0.6 is 0 Å². The summed E-state index contributed by atoms with van der Waals surface area (Å²) in [5.74, 6) is 0.00524. The van der Waals surface area contributed by atoms with Gasteiger partial charge >= 0.3 is 11.9 Å². The topological polar surface area (TPSA) is 52.6 Å². The summed E-state index contributed by atoms with van der Waals surface area (Å²) in [4.78, 5) is 22.2. The zero-order valence-electron chi connectivity index (χ0n) is 10.4. The fourth-order valence-corrected chi connectivity index (χ4v) is 2.06. The zero-order chi connectivity index (χ0) is 12.3. The minimum Gasteiger partial charge on any atom is -0.459 e. The molecule has 1 saturated heterocycles. The molecule has 0 radical (unpaired) electrons. The molecule has 0 bridgehead atoms. The van der Waals surface area contributed by atoms with Gasteiger partial charge in [-0.25, -0.2) is 0 Å². The molecule has 0 saturated carbocycles. The second kappa shape index (κ2) is 5.32. The zero-order valence-corrected chi connectivity index (χ0v) is 10.4. The van der Waals surface area contributed by atoms with Crippen LogP contribution in [0.1, 0.15) is 40.5 Å². The van der Waals surface area contributed by atoms with Gasteiger partial charge in [0.25, 0.3) is 0 Å². The van der Waals surface area contributed by atoms with E-state index >= 15 is 0 Å². The summed E-state index contributed by atoms with van der Waals surface area (Å²) in [5.41, 5.74) is 0. The van der Waals surface area contributed by atoms with Gasteiger partial charge in [-0.3, -0.25) is 9.59 Å². The van der Waals surface area contributed by atoms with Gasteiger partial charge in [-0.2, -0.15) is 0 Å². The molecular weight excluding hydrogens is 208 g/mol. The second-order valence-electron chi connectivity index (χ2n) is 4.91. The molecule has 0 unspecified atom stereocenters. The highest BCUT2D eigenvalue weighted by Crippen LogP contribution is 2.28. The minimum atomic E-state index is -0.319. The van der Waals surface area contributed by atoms with Crippen LogP contribution in [0.5, 0.6) is 0 Å². The highest BCUT2D eigenvalue weighted by molar-refractivity contribution is 5.72. The lowest BCUT2D eigenvalue weighted by molar-refractivity contribution is -0.162. The lowest BCUT2D eigenvalue weighted by Gasteiger charge is -2.26. The van der Waals surface area contributed by atoms with Crippen molar-refractivity contribution in [3.63, 3.8) is 0 Å². The van der Waals surface area contributed by atoms with Crippen molar-refractivity contribution in [3.05, 3.63) is 0 Å². The van der Waals surface area contributed by atoms with Crippen molar-refractivity contribution in [3.8, 4) is 0 Å². The fourth-order valence-electron chi connectivity index (χ4n) is 2.06. The van der Waals surface area contributed by atoms with Gasteiger partial charge in [0.2, 0.25) is 0 Å². The predicted octanol–water partition coefficient (Wildman–Crippen LogP) is 1.92. The van der Waals surface area contributed by atoms with E-state index in [-0.39, 0.29) is 30.1 Å². The lowest BCUT2D eigenvalue weighted by atomic mass is 9.93. The van der Waals surface area contributed by atoms with Crippen LogP contribution in [-0.4, -0.2) is 24.1 Å². The van der Waals surface area contributed by atoms with E-state index in [4.69, 9.17) is 9.47 Å². The van der Waals surface area contributed by atoms with E-state index < -0.39 is 0 Å². The predicted molar refractivity (Wildman–Crippen MR) is 58.7 cm³/mol. The van der Waals surface area contributed by atoms with Gasteiger partial charge in [0.15, 0.2) is 0 Å². The third-order valence-electron chi connectivity index (χ3n) is 2.70. The minimum absolute atomic E-state index is 0.121. The third-order valence-corrected chi connectivity index (χ3v) is 2.70. The molecule has 1 aliphatic heterocycles. The third kappa shape index (κ3) is 3.51. The van der Waals surface area contributed by atoms with Crippen molar-refractivity contribution in [2.24, 2.45) is 11.8 Å². The van der Waals surface area contributed by atoms with Crippen LogP contribution in [0.2, 0.25) is 0 Å². The number of carbonyl (C=O) groups is 2. The molecule has 3 atom stereocenters. The maximum atomic E-state index is 11.2. The number of rotatable bonds is 4. The number of carbonyl (C=O) groups excluding carboxylic acids is 2. The van der Waals surface area contributed by atoms with Crippen LogP contribution in [0.15, 0.2) is 0 Å². The molecule has 0 aromatic heterocycles. The Bertz CT molecular complexity index is 272. The maximum Gasteiger partial charge on any atom is 0.306 e. The van der Waals surface area contributed by atoms with Crippen LogP contribution in [0, 0.1) is 11.8 Å². The van der Waals surface area contributed by atoms with Crippen LogP contribution in [0.25, 0.3) is 0 Å². The van der Waals surface area contributed by atoms with Crippen LogP contribution in [0.4, 0.5) is 0 Å². The molecule has 4 nitrogen and oxygen atoms in total. The van der Waals surface area contributed by atoms with Crippen molar-refractivity contribution in [1.82, 2.24) is 0 Å². The molecular formula is C12H20O4. The Kier molecular flexibility index (Phi) is 4.33. The molecule has 0 spiro atoms. The first kappa shape index (κ1) is 13.0. The van der Waals surface area contributed by atoms with E-state index in [9.17, 15) is 9.59 Å². The van der Waals surface area contributed by atoms with Gasteiger partial charge < -0.3 is 9.47 Å². The van der Waals surface area contributed by atoms with Gasteiger partial charge in [-0.15, -0.1) is 0 Å². The van der Waals surface area contributed by atoms with E-state index in [0.29, 0.717) is 12.3 Å². The van der Waals surface area contributed by atoms with E-state index in [2.05, 4.69) is 13.8 Å². The van der Waals surface area contributed by atoms with E-state index in [0.717, 1.165) is 6.42 Å². The molecule has 4 heteroatoms. The number of esters is 2. The van der Waals surface area contributed by atoms with Crippen molar-refractivity contribution < 1.29 is 19.1 Å². The number of cyclic esters (lactones) is 1. The first-order valence-electron chi connectivity index (χ1n) is 5.76. The SMILES string of the molecule is CC(=O)O[C@@H](CC(C)C)[C@@H]1OC(=O)C[C@H]1C. The summed E-state index contributed by atoms with van der Waals surface area (Å²) in [7, 11) is 0. The fraction of sp³-hybridized carbons (Fsp3) is 0.833. The monoisotopic (exact) mass is 228 g/mol. The number of hydrogen-bond donors (Lipinski definition) is 0. The molecule has 1 fully saturated rings. The van der Waals surface area contributed by atoms with E-state index in [1.165, 1.54) is 6.92 Å². The van der Waals surface area contributed by atoms with E-state index in [1.54, 1.807) is 0 Å². The lowest BCUT2D eigenvalue weighted by Crippen LogP contribution is -2.35. The Morgan fingerprint density at radius 3 is 2.56 bits per heavy atom. The Hall–Kier alpha value is -1.06. The first-order chi connectivity index (χ1) is 7.40. The molecule has 0 amide bonds. The first-order valence-corrected chi connectivity index (χ1v) is 5.76. The van der Waals surface area contributed by atoms with Gasteiger partial charge in [0.1, 0.15) is 12.2 Å². The highest BCUT2D eigenvalue weighted by atomic mass is 16.6. The largest absolute Gasteiger partial charge is 0.459 e. The van der Waals surface area contributed by atoms with Crippen molar-refractivity contribution in [1.29, 1.82) is 0 Å². The van der Waals surface area contributed by atoms with Crippen LogP contribution in [0.3, 0.4) is 0 Å². The highest BCUT2D eigenvalue weighted by Gasteiger charge is 2.39. The van der Waals surface area contributed by atoms with Gasteiger partial charge in [0, 0.05) is 12.8 Å². The molecule has 0 aromatic rings. The molecule has 16 heavy (non-hydrogen) atoms. The normalized spacial score (nSPS) is 26.7. The van der Waals surface area contributed by atoms with Gasteiger partial charge in [-0.1, -0.05) is 20.8 Å². The second-order valence-corrected chi connectivity index (χ2v) is 4.91. The average Bonchev–Trinajstić information content (AvgIpc) is 2.42. The summed E-state index contributed by atoms with van der Waals surface area (Å²) in [6, 6.07) is 0. The van der Waals surface area contributed by atoms with Crippen molar-refractivity contribution in [2.75, 3.05) is 0 Å². The van der Waals surface area contributed by atoms with E-state index in [1.807, 2.05) is 6.92 Å². The molecule has 1 rings (SSSR count). The summed E-state index contributed by atoms with van der Waals surface area (Å²) in [6.07, 6.45) is 0.556. The van der Waals surface area contributed by atoms with Gasteiger partial charge in [-0.05, 0) is 12.3 Å². The number of hydrogen-bond acceptors (Lipinski definition) is 4. The molecule has 92 valence electrons. The molecule has 0 aliphatic carbocycles. The smallest absolute Gasteiger partial charge is 0.306 e. The summed E-state index contributed by atoms with van der Waals surface area (Å²) in [5, 5.41) is 0.